The quantitative estimate of drug-likeness (QED) is 0.646. The zero-order chi connectivity index (χ0) is 16.4. The largest absolute Gasteiger partial charge is 0.457 e. The minimum absolute atomic E-state index is 0.0548. The Balaban J connectivity index is 1.81. The van der Waals surface area contributed by atoms with Gasteiger partial charge in [-0.25, -0.2) is 4.79 Å². The smallest absolute Gasteiger partial charge is 0.342 e. The molecule has 2 aromatic carbocycles. The van der Waals surface area contributed by atoms with Crippen molar-refractivity contribution >= 4 is 17.5 Å². The highest BCUT2D eigenvalue weighted by Gasteiger charge is 2.30. The van der Waals surface area contributed by atoms with E-state index >= 15 is 0 Å². The molecule has 0 heterocycles. The molecule has 0 spiro atoms. The van der Waals surface area contributed by atoms with Crippen molar-refractivity contribution in [1.29, 1.82) is 0 Å². The van der Waals surface area contributed by atoms with E-state index in [4.69, 9.17) is 4.74 Å². The Kier molecular flexibility index (Phi) is 3.89. The standard InChI is InChI=1S/C19H14O4/c1-12-7-8-14-15(9-12)17(20)10-16(18(14)21)19(22)23-11-13-5-3-2-4-6-13/h2-10H,11H2,1H3. The molecule has 2 aromatic rings. The van der Waals surface area contributed by atoms with Crippen molar-refractivity contribution in [3.05, 3.63) is 82.4 Å². The third-order valence-electron chi connectivity index (χ3n) is 3.64. The van der Waals surface area contributed by atoms with Crippen molar-refractivity contribution in [3.8, 4) is 0 Å². The maximum Gasteiger partial charge on any atom is 0.342 e. The second kappa shape index (κ2) is 6.01. The third kappa shape index (κ3) is 2.97. The molecule has 0 aliphatic heterocycles. The number of aryl methyl sites for hydroxylation is 1. The second-order valence-electron chi connectivity index (χ2n) is 5.36. The van der Waals surface area contributed by atoms with Crippen LogP contribution in [0.25, 0.3) is 0 Å². The highest BCUT2D eigenvalue weighted by atomic mass is 16.5. The van der Waals surface area contributed by atoms with Crippen molar-refractivity contribution in [2.45, 2.75) is 13.5 Å². The van der Waals surface area contributed by atoms with Crippen LogP contribution in [0.5, 0.6) is 0 Å². The summed E-state index contributed by atoms with van der Waals surface area (Å²) in [6.45, 7) is 1.89. The number of esters is 1. The molecule has 3 rings (SSSR count). The lowest BCUT2D eigenvalue weighted by molar-refractivity contribution is -0.139. The van der Waals surface area contributed by atoms with Crippen LogP contribution in [0.4, 0.5) is 0 Å². The number of hydrogen-bond acceptors (Lipinski definition) is 4. The van der Waals surface area contributed by atoms with E-state index in [0.29, 0.717) is 5.56 Å². The van der Waals surface area contributed by atoms with Crippen LogP contribution in [0.2, 0.25) is 0 Å². The van der Waals surface area contributed by atoms with E-state index in [1.165, 1.54) is 0 Å². The van der Waals surface area contributed by atoms with E-state index in [0.717, 1.165) is 17.2 Å². The van der Waals surface area contributed by atoms with Gasteiger partial charge in [0.25, 0.3) is 0 Å². The molecule has 4 nitrogen and oxygen atoms in total. The van der Waals surface area contributed by atoms with Crippen molar-refractivity contribution in [2.75, 3.05) is 0 Å². The number of ether oxygens (including phenoxy) is 1. The fraction of sp³-hybridized carbons (Fsp3) is 0.105. The highest BCUT2D eigenvalue weighted by molar-refractivity contribution is 6.33. The van der Waals surface area contributed by atoms with Crippen LogP contribution in [-0.4, -0.2) is 17.5 Å². The van der Waals surface area contributed by atoms with Crippen molar-refractivity contribution in [1.82, 2.24) is 0 Å². The minimum atomic E-state index is -0.779. The van der Waals surface area contributed by atoms with Crippen LogP contribution in [0.1, 0.15) is 31.8 Å². The van der Waals surface area contributed by atoms with Gasteiger partial charge in [-0.05, 0) is 18.6 Å². The van der Waals surface area contributed by atoms with Gasteiger partial charge in [-0.1, -0.05) is 48.0 Å². The van der Waals surface area contributed by atoms with E-state index in [2.05, 4.69) is 0 Å². The van der Waals surface area contributed by atoms with Crippen molar-refractivity contribution in [3.63, 3.8) is 0 Å². The average molecular weight is 306 g/mol. The first kappa shape index (κ1) is 14.9. The number of carbonyl (C=O) groups excluding carboxylic acids is 3. The number of hydrogen-bond donors (Lipinski definition) is 0. The molecule has 0 atom stereocenters. The summed E-state index contributed by atoms with van der Waals surface area (Å²) in [5.41, 5.74) is 2.05. The zero-order valence-corrected chi connectivity index (χ0v) is 12.5. The Morgan fingerprint density at radius 1 is 1.00 bits per heavy atom. The molecule has 0 radical (unpaired) electrons. The lowest BCUT2D eigenvalue weighted by Gasteiger charge is -2.15. The zero-order valence-electron chi connectivity index (χ0n) is 12.5. The van der Waals surface area contributed by atoms with Gasteiger partial charge in [-0.3, -0.25) is 9.59 Å². The monoisotopic (exact) mass is 306 g/mol. The fourth-order valence-corrected chi connectivity index (χ4v) is 2.43. The third-order valence-corrected chi connectivity index (χ3v) is 3.64. The molecule has 0 amide bonds. The lowest BCUT2D eigenvalue weighted by Crippen LogP contribution is -2.23. The molecule has 0 fully saturated rings. The van der Waals surface area contributed by atoms with Gasteiger partial charge in [0.1, 0.15) is 12.2 Å². The van der Waals surface area contributed by atoms with Crippen LogP contribution < -0.4 is 0 Å². The molecule has 1 aliphatic carbocycles. The Labute approximate surface area is 133 Å². The van der Waals surface area contributed by atoms with Crippen LogP contribution in [0.3, 0.4) is 0 Å². The summed E-state index contributed by atoms with van der Waals surface area (Å²) < 4.78 is 5.14. The lowest BCUT2D eigenvalue weighted by atomic mass is 9.88. The van der Waals surface area contributed by atoms with E-state index in [-0.39, 0.29) is 23.5 Å². The number of rotatable bonds is 3. The number of carbonyl (C=O) groups is 3. The summed E-state index contributed by atoms with van der Waals surface area (Å²) in [6, 6.07) is 14.1. The molecule has 0 unspecified atom stereocenters. The number of Topliss-reactive ketones (excluding diaryl/α,β-unsaturated/α-hetero) is 1. The van der Waals surface area contributed by atoms with Crippen molar-refractivity contribution in [2.24, 2.45) is 0 Å². The molecule has 0 bridgehead atoms. The van der Waals surface area contributed by atoms with Gasteiger partial charge in [0.05, 0.1) is 0 Å². The van der Waals surface area contributed by atoms with Crippen LogP contribution in [0.15, 0.2) is 60.2 Å². The SMILES string of the molecule is Cc1ccc2c(c1)C(=O)C=C(C(=O)OCc1ccccc1)C2=O. The minimum Gasteiger partial charge on any atom is -0.457 e. The number of allylic oxidation sites excluding steroid dienone is 1. The van der Waals surface area contributed by atoms with E-state index < -0.39 is 11.8 Å². The summed E-state index contributed by atoms with van der Waals surface area (Å²) in [6.07, 6.45) is 1.07. The number of benzene rings is 2. The predicted molar refractivity (Wildman–Crippen MR) is 84.2 cm³/mol. The van der Waals surface area contributed by atoms with E-state index in [1.807, 2.05) is 37.3 Å². The molecule has 1 aliphatic rings. The Bertz CT molecular complexity index is 832. The molecular weight excluding hydrogens is 292 g/mol. The Morgan fingerprint density at radius 3 is 2.48 bits per heavy atom. The maximum atomic E-state index is 12.4. The molecule has 0 saturated carbocycles. The summed E-state index contributed by atoms with van der Waals surface area (Å²) in [7, 11) is 0. The van der Waals surface area contributed by atoms with Crippen molar-refractivity contribution < 1.29 is 19.1 Å². The molecule has 0 N–H and O–H groups in total. The molecule has 23 heavy (non-hydrogen) atoms. The molecular formula is C19H14O4. The van der Waals surface area contributed by atoms with Gasteiger partial charge < -0.3 is 4.74 Å². The highest BCUT2D eigenvalue weighted by Crippen LogP contribution is 2.23. The van der Waals surface area contributed by atoms with Gasteiger partial charge in [-0.15, -0.1) is 0 Å². The van der Waals surface area contributed by atoms with Gasteiger partial charge in [0.15, 0.2) is 5.78 Å². The van der Waals surface area contributed by atoms with Crippen LogP contribution in [-0.2, 0) is 16.1 Å². The number of fused-ring (bicyclic) bond motifs is 1. The van der Waals surface area contributed by atoms with Crippen LogP contribution in [0, 0.1) is 6.92 Å². The molecule has 0 aromatic heterocycles. The fourth-order valence-electron chi connectivity index (χ4n) is 2.43. The summed E-state index contributed by atoms with van der Waals surface area (Å²) in [5, 5.41) is 0. The van der Waals surface area contributed by atoms with E-state index in [9.17, 15) is 14.4 Å². The van der Waals surface area contributed by atoms with Gasteiger partial charge in [-0.2, -0.15) is 0 Å². The first-order valence-electron chi connectivity index (χ1n) is 7.18. The Morgan fingerprint density at radius 2 is 1.74 bits per heavy atom. The molecule has 4 heteroatoms. The van der Waals surface area contributed by atoms with Gasteiger partial charge >= 0.3 is 5.97 Å². The maximum absolute atomic E-state index is 12.4. The molecule has 114 valence electrons. The summed E-state index contributed by atoms with van der Waals surface area (Å²) in [5.74, 6) is -1.61. The molecule has 0 saturated heterocycles. The summed E-state index contributed by atoms with van der Waals surface area (Å²) in [4.78, 5) is 36.7. The first-order chi connectivity index (χ1) is 11.1. The van der Waals surface area contributed by atoms with E-state index in [1.54, 1.807) is 18.2 Å². The number of ketones is 2. The van der Waals surface area contributed by atoms with Gasteiger partial charge in [0.2, 0.25) is 5.78 Å². The predicted octanol–water partition coefficient (Wildman–Crippen LogP) is 3.04. The first-order valence-corrected chi connectivity index (χ1v) is 7.18. The summed E-state index contributed by atoms with van der Waals surface area (Å²) >= 11 is 0. The Hall–Kier alpha value is -3.01. The van der Waals surface area contributed by atoms with Crippen LogP contribution >= 0.6 is 0 Å². The topological polar surface area (TPSA) is 60.4 Å². The average Bonchev–Trinajstić information content (AvgIpc) is 2.57. The normalized spacial score (nSPS) is 13.3. The second-order valence-corrected chi connectivity index (χ2v) is 5.36. The van der Waals surface area contributed by atoms with Gasteiger partial charge in [0, 0.05) is 17.2 Å².